The van der Waals surface area contributed by atoms with Crippen LogP contribution in [0.1, 0.15) is 24.1 Å². The summed E-state index contributed by atoms with van der Waals surface area (Å²) >= 11 is 1.35. The average Bonchev–Trinajstić information content (AvgIpc) is 3.24. The third-order valence-electron chi connectivity index (χ3n) is 5.34. The standard InChI is InChI=1S/C26H22N3O2S.C2H4O2.Na/c30-25-24(16-18-6-8-20(9-7-18)19-4-2-1-3-5-19)32-26(29-25)28-22-12-10-21(11-13-22)23-17-31-15-14-27-23;1-2(3)4;/h1-13,16,23H,14-15,17H2,(H,28,29,30);1H3,(H,3,4);/q-1;;+1. The van der Waals surface area contributed by atoms with Crippen LogP contribution in [0.5, 0.6) is 0 Å². The maximum atomic E-state index is 12.4. The number of morpholine rings is 1. The van der Waals surface area contributed by atoms with E-state index in [4.69, 9.17) is 14.6 Å². The van der Waals surface area contributed by atoms with Crippen LogP contribution in [0.4, 0.5) is 5.69 Å². The van der Waals surface area contributed by atoms with Gasteiger partial charge in [-0.1, -0.05) is 78.3 Å². The molecule has 37 heavy (non-hydrogen) atoms. The van der Waals surface area contributed by atoms with Crippen molar-refractivity contribution in [3.63, 3.8) is 0 Å². The van der Waals surface area contributed by atoms with E-state index in [9.17, 15) is 4.79 Å². The second-order valence-corrected chi connectivity index (χ2v) is 9.11. The van der Waals surface area contributed by atoms with Gasteiger partial charge in [-0.05, 0) is 46.7 Å². The number of carboxylic acid groups (broad SMARTS) is 1. The van der Waals surface area contributed by atoms with E-state index in [1.54, 1.807) is 0 Å². The molecule has 2 aliphatic heterocycles. The molecule has 1 unspecified atom stereocenters. The summed E-state index contributed by atoms with van der Waals surface area (Å²) in [7, 11) is 0. The van der Waals surface area contributed by atoms with Gasteiger partial charge in [-0.3, -0.25) is 9.59 Å². The number of benzene rings is 3. The molecule has 184 valence electrons. The molecule has 2 N–H and O–H groups in total. The number of nitrogens with zero attached hydrogens (tertiary/aromatic N) is 2. The Hall–Kier alpha value is -2.72. The molecule has 0 saturated carbocycles. The van der Waals surface area contributed by atoms with Crippen molar-refractivity contribution in [1.29, 1.82) is 0 Å². The number of carbonyl (C=O) groups is 2. The van der Waals surface area contributed by atoms with E-state index >= 15 is 0 Å². The van der Waals surface area contributed by atoms with Crippen LogP contribution in [0.25, 0.3) is 22.5 Å². The minimum atomic E-state index is -0.833. The monoisotopic (exact) mass is 523 g/mol. The fourth-order valence-corrected chi connectivity index (χ4v) is 4.48. The summed E-state index contributed by atoms with van der Waals surface area (Å²) in [4.78, 5) is 26.2. The molecular weight excluding hydrogens is 497 g/mol. The number of amides is 1. The van der Waals surface area contributed by atoms with Gasteiger partial charge in [0.2, 0.25) is 0 Å². The average molecular weight is 524 g/mol. The molecule has 1 saturated heterocycles. The summed E-state index contributed by atoms with van der Waals surface area (Å²) in [5, 5.41) is 15.8. The molecule has 1 fully saturated rings. The van der Waals surface area contributed by atoms with Crippen molar-refractivity contribution in [3.8, 4) is 11.1 Å². The van der Waals surface area contributed by atoms with E-state index in [0.717, 1.165) is 35.8 Å². The van der Waals surface area contributed by atoms with Crippen molar-refractivity contribution in [1.82, 2.24) is 0 Å². The van der Waals surface area contributed by atoms with E-state index in [1.807, 2.05) is 60.7 Å². The van der Waals surface area contributed by atoms with E-state index in [0.29, 0.717) is 23.3 Å². The Labute approximate surface area is 242 Å². The van der Waals surface area contributed by atoms with Gasteiger partial charge in [0, 0.05) is 25.8 Å². The molecule has 7 nitrogen and oxygen atoms in total. The van der Waals surface area contributed by atoms with Crippen LogP contribution in [0.15, 0.2) is 88.8 Å². The Bertz CT molecular complexity index is 1250. The van der Waals surface area contributed by atoms with Gasteiger partial charge in [0.1, 0.15) is 0 Å². The van der Waals surface area contributed by atoms with Crippen molar-refractivity contribution >= 4 is 40.6 Å². The van der Waals surface area contributed by atoms with Gasteiger partial charge < -0.3 is 20.5 Å². The van der Waals surface area contributed by atoms with Gasteiger partial charge >= 0.3 is 29.6 Å². The maximum Gasteiger partial charge on any atom is 1.00 e. The number of anilines is 1. The van der Waals surface area contributed by atoms with E-state index in [1.165, 1.54) is 17.3 Å². The molecular formula is C28H26N3NaO4S. The van der Waals surface area contributed by atoms with Crippen LogP contribution in [-0.4, -0.2) is 41.9 Å². The van der Waals surface area contributed by atoms with Gasteiger partial charge in [-0.2, -0.15) is 4.99 Å². The predicted octanol–water partition coefficient (Wildman–Crippen LogP) is 2.98. The maximum absolute atomic E-state index is 12.4. The van der Waals surface area contributed by atoms with Gasteiger partial charge in [0.25, 0.3) is 11.9 Å². The number of amidine groups is 1. The van der Waals surface area contributed by atoms with Crippen LogP contribution in [-0.2, 0) is 14.3 Å². The number of hydrogen-bond donors (Lipinski definition) is 2. The molecule has 0 spiro atoms. The zero-order valence-electron chi connectivity index (χ0n) is 20.8. The van der Waals surface area contributed by atoms with Crippen LogP contribution in [0, 0.1) is 0 Å². The van der Waals surface area contributed by atoms with Crippen molar-refractivity contribution < 1.29 is 49.0 Å². The number of aliphatic imine (C=N–C) groups is 1. The number of thioether (sulfide) groups is 1. The molecule has 3 aromatic carbocycles. The molecule has 5 rings (SSSR count). The fourth-order valence-electron chi connectivity index (χ4n) is 3.65. The predicted molar refractivity (Wildman–Crippen MR) is 145 cm³/mol. The number of aliphatic carboxylic acids is 1. The molecule has 0 radical (unpaired) electrons. The van der Waals surface area contributed by atoms with E-state index in [2.05, 4.69) is 39.9 Å². The first-order chi connectivity index (χ1) is 17.5. The third-order valence-corrected chi connectivity index (χ3v) is 6.24. The molecule has 0 bridgehead atoms. The largest absolute Gasteiger partial charge is 1.00 e. The van der Waals surface area contributed by atoms with Crippen LogP contribution < -0.4 is 34.9 Å². The molecule has 0 aromatic heterocycles. The smallest absolute Gasteiger partial charge is 0.652 e. The summed E-state index contributed by atoms with van der Waals surface area (Å²) in [5.74, 6) is -1.06. The first kappa shape index (κ1) is 28.8. The van der Waals surface area contributed by atoms with Gasteiger partial charge in [0.15, 0.2) is 5.17 Å². The second-order valence-electron chi connectivity index (χ2n) is 8.08. The molecule has 3 aromatic rings. The minimum Gasteiger partial charge on any atom is -0.652 e. The number of carboxylic acids is 1. The first-order valence-corrected chi connectivity index (χ1v) is 12.3. The fraction of sp³-hybridized carbons (Fsp3) is 0.179. The molecule has 0 aliphatic carbocycles. The summed E-state index contributed by atoms with van der Waals surface area (Å²) in [6.07, 6.45) is 1.88. The zero-order valence-corrected chi connectivity index (χ0v) is 23.6. The molecule has 9 heteroatoms. The first-order valence-electron chi connectivity index (χ1n) is 11.5. The Morgan fingerprint density at radius 1 is 1.05 bits per heavy atom. The Morgan fingerprint density at radius 2 is 1.70 bits per heavy atom. The van der Waals surface area contributed by atoms with Gasteiger partial charge in [-0.25, -0.2) is 0 Å². The third kappa shape index (κ3) is 8.67. The quantitative estimate of drug-likeness (QED) is 0.403. The summed E-state index contributed by atoms with van der Waals surface area (Å²) in [6, 6.07) is 26.5. The topological polar surface area (TPSA) is 102 Å². The molecule has 1 atom stereocenters. The number of hydrogen-bond acceptors (Lipinski definition) is 5. The van der Waals surface area contributed by atoms with Crippen LogP contribution >= 0.6 is 11.8 Å². The summed E-state index contributed by atoms with van der Waals surface area (Å²) < 4.78 is 5.50. The summed E-state index contributed by atoms with van der Waals surface area (Å²) in [6.45, 7) is 3.16. The zero-order chi connectivity index (χ0) is 25.3. The van der Waals surface area contributed by atoms with Crippen molar-refractivity contribution in [2.24, 2.45) is 4.99 Å². The number of nitrogens with one attached hydrogen (secondary N) is 1. The van der Waals surface area contributed by atoms with Crippen molar-refractivity contribution in [2.75, 3.05) is 25.1 Å². The number of carbonyl (C=O) groups excluding carboxylic acids is 1. The molecule has 2 aliphatic rings. The van der Waals surface area contributed by atoms with Crippen LogP contribution in [0.2, 0.25) is 0 Å². The number of rotatable bonds is 4. The van der Waals surface area contributed by atoms with Crippen molar-refractivity contribution in [3.05, 3.63) is 100 Å². The van der Waals surface area contributed by atoms with Gasteiger partial charge in [0.05, 0.1) is 4.91 Å². The van der Waals surface area contributed by atoms with E-state index in [-0.39, 0.29) is 41.5 Å². The van der Waals surface area contributed by atoms with Crippen LogP contribution in [0.3, 0.4) is 0 Å². The Morgan fingerprint density at radius 3 is 2.32 bits per heavy atom. The number of ether oxygens (including phenoxy) is 1. The minimum absolute atomic E-state index is 0. The normalized spacial score (nSPS) is 17.8. The summed E-state index contributed by atoms with van der Waals surface area (Å²) in [5.41, 5.74) is 5.31. The van der Waals surface area contributed by atoms with Gasteiger partial charge in [-0.15, -0.1) is 6.54 Å². The van der Waals surface area contributed by atoms with Crippen molar-refractivity contribution in [2.45, 2.75) is 13.0 Å². The Balaban J connectivity index is 0.000000711. The SMILES string of the molecule is CC(=O)O.O=C1N=C(Nc2ccc(C3COCC[N-]3)cc2)SC1=Cc1ccc(-c2ccccc2)cc1.[Na+]. The Kier molecular flexibility index (Phi) is 11.1. The second kappa shape index (κ2) is 14.3. The molecule has 1 amide bonds. The molecule has 2 heterocycles. The van der Waals surface area contributed by atoms with E-state index < -0.39 is 5.97 Å².